The highest BCUT2D eigenvalue weighted by molar-refractivity contribution is 5.98. The Kier molecular flexibility index (Phi) is 2.75. The lowest BCUT2D eigenvalue weighted by Crippen LogP contribution is -2.41. The third-order valence-electron chi connectivity index (χ3n) is 4.30. The van der Waals surface area contributed by atoms with Crippen LogP contribution < -0.4 is 16.4 Å². The average molecular weight is 281 g/mol. The Bertz CT molecular complexity index is 656. The summed E-state index contributed by atoms with van der Waals surface area (Å²) < 4.78 is 0. The minimum absolute atomic E-state index is 0.304. The second-order valence-electron chi connectivity index (χ2n) is 5.77. The van der Waals surface area contributed by atoms with E-state index in [2.05, 4.69) is 45.3 Å². The van der Waals surface area contributed by atoms with Gasteiger partial charge in [-0.3, -0.25) is 0 Å². The predicted molar refractivity (Wildman–Crippen MR) is 84.0 cm³/mol. The molecule has 1 atom stereocenters. The minimum atomic E-state index is 0.304. The van der Waals surface area contributed by atoms with Crippen molar-refractivity contribution in [3.05, 3.63) is 54.1 Å². The summed E-state index contributed by atoms with van der Waals surface area (Å²) in [5.74, 6) is 1.26. The average Bonchev–Trinajstić information content (AvgIpc) is 3.27. The molecule has 1 aromatic rings. The van der Waals surface area contributed by atoms with Gasteiger partial charge in [-0.1, -0.05) is 12.1 Å². The molecule has 2 aliphatic heterocycles. The molecule has 1 fully saturated rings. The first-order valence-corrected chi connectivity index (χ1v) is 7.36. The van der Waals surface area contributed by atoms with E-state index in [1.165, 1.54) is 12.8 Å². The highest BCUT2D eigenvalue weighted by Crippen LogP contribution is 2.44. The van der Waals surface area contributed by atoms with E-state index >= 15 is 0 Å². The van der Waals surface area contributed by atoms with Gasteiger partial charge in [0.1, 0.15) is 17.7 Å². The molecule has 4 rings (SSSR count). The molecule has 5 heteroatoms. The van der Waals surface area contributed by atoms with Crippen LogP contribution in [0.5, 0.6) is 0 Å². The van der Waals surface area contributed by atoms with Gasteiger partial charge in [-0.25, -0.2) is 4.99 Å². The van der Waals surface area contributed by atoms with Crippen LogP contribution in [-0.2, 0) is 6.54 Å². The van der Waals surface area contributed by atoms with Crippen molar-refractivity contribution in [2.75, 3.05) is 4.90 Å². The maximum Gasteiger partial charge on any atom is 0.148 e. The fourth-order valence-electron chi connectivity index (χ4n) is 3.09. The van der Waals surface area contributed by atoms with Gasteiger partial charge in [0.15, 0.2) is 0 Å². The highest BCUT2D eigenvalue weighted by atomic mass is 15.4. The Balaban J connectivity index is 1.75. The highest BCUT2D eigenvalue weighted by Gasteiger charge is 2.44. The van der Waals surface area contributed by atoms with Gasteiger partial charge < -0.3 is 21.3 Å². The summed E-state index contributed by atoms with van der Waals surface area (Å²) in [6, 6.07) is 8.40. The van der Waals surface area contributed by atoms with Crippen molar-refractivity contribution in [3.63, 3.8) is 0 Å². The SMILES string of the molecule is NCc1cccc(N2C=C3C(N)=NC=CN3C2C2CC2)c1. The lowest BCUT2D eigenvalue weighted by atomic mass is 10.1. The van der Waals surface area contributed by atoms with Crippen molar-refractivity contribution in [3.8, 4) is 0 Å². The van der Waals surface area contributed by atoms with Crippen molar-refractivity contribution in [1.82, 2.24) is 4.90 Å². The topological polar surface area (TPSA) is 70.9 Å². The standard InChI is InChI=1S/C16H19N5/c17-9-11-2-1-3-13(8-11)21-10-14-15(18)19-6-7-20(14)16(21)12-4-5-12/h1-3,6-8,10,12,16H,4-5,9,17H2,(H2,18,19). The molecule has 1 aromatic carbocycles. The Hall–Kier alpha value is -2.27. The van der Waals surface area contributed by atoms with Crippen molar-refractivity contribution >= 4 is 11.5 Å². The molecular formula is C16H19N5. The predicted octanol–water partition coefficient (Wildman–Crippen LogP) is 1.69. The number of amidine groups is 1. The van der Waals surface area contributed by atoms with Crippen molar-refractivity contribution in [2.45, 2.75) is 25.6 Å². The summed E-state index contributed by atoms with van der Waals surface area (Å²) >= 11 is 0. The smallest absolute Gasteiger partial charge is 0.148 e. The number of aliphatic imine (C=N–C) groups is 1. The summed E-state index contributed by atoms with van der Waals surface area (Å²) in [4.78, 5) is 8.76. The number of hydrogen-bond acceptors (Lipinski definition) is 5. The first-order chi connectivity index (χ1) is 10.3. The summed E-state index contributed by atoms with van der Waals surface area (Å²) in [6.45, 7) is 0.555. The number of rotatable bonds is 3. The number of benzene rings is 1. The summed E-state index contributed by atoms with van der Waals surface area (Å²) in [6.07, 6.45) is 8.75. The molecule has 3 aliphatic rings. The van der Waals surface area contributed by atoms with Gasteiger partial charge in [-0.2, -0.15) is 0 Å². The third kappa shape index (κ3) is 2.01. The van der Waals surface area contributed by atoms with Gasteiger partial charge in [-0.15, -0.1) is 0 Å². The van der Waals surface area contributed by atoms with Crippen LogP contribution in [0.3, 0.4) is 0 Å². The second-order valence-corrected chi connectivity index (χ2v) is 5.77. The normalized spacial score (nSPS) is 24.0. The largest absolute Gasteiger partial charge is 0.382 e. The van der Waals surface area contributed by atoms with Gasteiger partial charge in [-0.05, 0) is 36.5 Å². The van der Waals surface area contributed by atoms with E-state index in [1.54, 1.807) is 6.20 Å². The van der Waals surface area contributed by atoms with Crippen LogP contribution in [0, 0.1) is 5.92 Å². The molecule has 0 amide bonds. The Labute approximate surface area is 124 Å². The van der Waals surface area contributed by atoms with E-state index in [1.807, 2.05) is 6.20 Å². The molecular weight excluding hydrogens is 262 g/mol. The second kappa shape index (κ2) is 4.63. The van der Waals surface area contributed by atoms with Crippen molar-refractivity contribution in [2.24, 2.45) is 22.4 Å². The van der Waals surface area contributed by atoms with Crippen LogP contribution in [0.4, 0.5) is 5.69 Å². The van der Waals surface area contributed by atoms with Crippen LogP contribution in [0.2, 0.25) is 0 Å². The number of nitrogens with two attached hydrogens (primary N) is 2. The first kappa shape index (κ1) is 12.5. The number of hydrogen-bond donors (Lipinski definition) is 2. The Morgan fingerprint density at radius 1 is 1.24 bits per heavy atom. The van der Waals surface area contributed by atoms with Crippen LogP contribution in [-0.4, -0.2) is 16.9 Å². The van der Waals surface area contributed by atoms with E-state index < -0.39 is 0 Å². The molecule has 1 aliphatic carbocycles. The molecule has 4 N–H and O–H groups in total. The number of fused-ring (bicyclic) bond motifs is 1. The fourth-order valence-corrected chi connectivity index (χ4v) is 3.09. The zero-order chi connectivity index (χ0) is 14.4. The summed E-state index contributed by atoms with van der Waals surface area (Å²) in [5.41, 5.74) is 15.1. The molecule has 0 radical (unpaired) electrons. The molecule has 0 bridgehead atoms. The molecule has 0 saturated heterocycles. The number of anilines is 1. The van der Waals surface area contributed by atoms with Crippen molar-refractivity contribution in [1.29, 1.82) is 0 Å². The van der Waals surface area contributed by atoms with Gasteiger partial charge in [0.25, 0.3) is 0 Å². The lowest BCUT2D eigenvalue weighted by Gasteiger charge is -2.33. The monoisotopic (exact) mass is 281 g/mol. The Morgan fingerprint density at radius 2 is 2.10 bits per heavy atom. The maximum absolute atomic E-state index is 6.04. The summed E-state index contributed by atoms with van der Waals surface area (Å²) in [5, 5.41) is 0. The molecule has 5 nitrogen and oxygen atoms in total. The van der Waals surface area contributed by atoms with E-state index in [0.29, 0.717) is 24.5 Å². The lowest BCUT2D eigenvalue weighted by molar-refractivity contribution is 0.344. The van der Waals surface area contributed by atoms with Crippen LogP contribution in [0.25, 0.3) is 0 Å². The van der Waals surface area contributed by atoms with E-state index in [4.69, 9.17) is 11.5 Å². The van der Waals surface area contributed by atoms with Crippen molar-refractivity contribution < 1.29 is 0 Å². The van der Waals surface area contributed by atoms with E-state index in [0.717, 1.165) is 16.9 Å². The fraction of sp³-hybridized carbons (Fsp3) is 0.312. The quantitative estimate of drug-likeness (QED) is 0.884. The van der Waals surface area contributed by atoms with Gasteiger partial charge in [0.2, 0.25) is 0 Å². The third-order valence-corrected chi connectivity index (χ3v) is 4.30. The molecule has 1 saturated carbocycles. The summed E-state index contributed by atoms with van der Waals surface area (Å²) in [7, 11) is 0. The zero-order valence-corrected chi connectivity index (χ0v) is 11.8. The molecule has 21 heavy (non-hydrogen) atoms. The van der Waals surface area contributed by atoms with Gasteiger partial charge >= 0.3 is 0 Å². The molecule has 2 heterocycles. The Morgan fingerprint density at radius 3 is 2.86 bits per heavy atom. The first-order valence-electron chi connectivity index (χ1n) is 7.36. The zero-order valence-electron chi connectivity index (χ0n) is 11.8. The minimum Gasteiger partial charge on any atom is -0.382 e. The van der Waals surface area contributed by atoms with E-state index in [-0.39, 0.29) is 0 Å². The maximum atomic E-state index is 6.04. The van der Waals surface area contributed by atoms with Gasteiger partial charge in [0.05, 0.1) is 0 Å². The molecule has 0 aromatic heterocycles. The molecule has 0 spiro atoms. The molecule has 108 valence electrons. The van der Waals surface area contributed by atoms with E-state index in [9.17, 15) is 0 Å². The number of nitrogens with zero attached hydrogens (tertiary/aromatic N) is 3. The van der Waals surface area contributed by atoms with Gasteiger partial charge in [0, 0.05) is 30.8 Å². The van der Waals surface area contributed by atoms with Crippen LogP contribution >= 0.6 is 0 Å². The molecule has 1 unspecified atom stereocenters. The van der Waals surface area contributed by atoms with Crippen LogP contribution in [0.1, 0.15) is 18.4 Å². The van der Waals surface area contributed by atoms with Crippen LogP contribution in [0.15, 0.2) is 53.6 Å².